The van der Waals surface area contributed by atoms with E-state index in [4.69, 9.17) is 15.3 Å². The van der Waals surface area contributed by atoms with Gasteiger partial charge in [-0.1, -0.05) is 13.3 Å². The van der Waals surface area contributed by atoms with Crippen molar-refractivity contribution in [1.82, 2.24) is 0 Å². The molecule has 0 spiro atoms. The highest BCUT2D eigenvalue weighted by atomic mass is 16.4. The summed E-state index contributed by atoms with van der Waals surface area (Å²) in [5.41, 5.74) is 0. The summed E-state index contributed by atoms with van der Waals surface area (Å²) in [6.07, 6.45) is -0.899. The van der Waals surface area contributed by atoms with Gasteiger partial charge in [-0.2, -0.15) is 0 Å². The third-order valence-corrected chi connectivity index (χ3v) is 1.40. The number of carbonyl (C=O) groups is 1. The first-order valence-corrected chi connectivity index (χ1v) is 3.66. The van der Waals surface area contributed by atoms with Gasteiger partial charge in [0.15, 0.2) is 6.10 Å². The number of hydrogen-bond donors (Lipinski definition) is 3. The number of aliphatic hydroxyl groups excluding tert-OH is 2. The quantitative estimate of drug-likeness (QED) is 0.531. The van der Waals surface area contributed by atoms with E-state index in [1.54, 1.807) is 0 Å². The second-order valence-corrected chi connectivity index (χ2v) is 2.53. The number of aliphatic hydroxyl groups is 2. The molecule has 0 saturated carbocycles. The van der Waals surface area contributed by atoms with Gasteiger partial charge in [0.25, 0.3) is 0 Å². The highest BCUT2D eigenvalue weighted by Gasteiger charge is 2.17. The fourth-order valence-electron chi connectivity index (χ4n) is 0.810. The molecule has 0 rings (SSSR count). The summed E-state index contributed by atoms with van der Waals surface area (Å²) in [7, 11) is 0. The van der Waals surface area contributed by atoms with Crippen LogP contribution in [0.25, 0.3) is 0 Å². The smallest absolute Gasteiger partial charge is 0.332 e. The molecule has 4 heteroatoms. The molecule has 2 unspecified atom stereocenters. The Hall–Kier alpha value is -0.610. The highest BCUT2D eigenvalue weighted by Crippen LogP contribution is 2.04. The molecule has 0 saturated heterocycles. The average molecular weight is 162 g/mol. The maximum absolute atomic E-state index is 10.1. The summed E-state index contributed by atoms with van der Waals surface area (Å²) in [5.74, 6) is -1.28. The van der Waals surface area contributed by atoms with Crippen LogP contribution in [0.3, 0.4) is 0 Å². The van der Waals surface area contributed by atoms with Crippen molar-refractivity contribution >= 4 is 5.97 Å². The third kappa shape index (κ3) is 4.75. The first kappa shape index (κ1) is 10.4. The fraction of sp³-hybridized carbons (Fsp3) is 0.857. The van der Waals surface area contributed by atoms with Crippen molar-refractivity contribution < 1.29 is 20.1 Å². The molecule has 0 bridgehead atoms. The molecule has 66 valence electrons. The van der Waals surface area contributed by atoms with Crippen molar-refractivity contribution in [3.8, 4) is 0 Å². The van der Waals surface area contributed by atoms with E-state index >= 15 is 0 Å². The number of carboxylic acid groups (broad SMARTS) is 1. The summed E-state index contributed by atoms with van der Waals surface area (Å²) >= 11 is 0. The van der Waals surface area contributed by atoms with Crippen molar-refractivity contribution in [3.05, 3.63) is 0 Å². The maximum atomic E-state index is 10.1. The second-order valence-electron chi connectivity index (χ2n) is 2.53. The molecule has 3 N–H and O–H groups in total. The van der Waals surface area contributed by atoms with Gasteiger partial charge in [0.05, 0.1) is 6.10 Å². The van der Waals surface area contributed by atoms with E-state index in [9.17, 15) is 4.79 Å². The van der Waals surface area contributed by atoms with E-state index in [0.29, 0.717) is 6.42 Å². The van der Waals surface area contributed by atoms with Crippen LogP contribution in [0, 0.1) is 0 Å². The van der Waals surface area contributed by atoms with E-state index in [0.717, 1.165) is 6.42 Å². The van der Waals surface area contributed by atoms with E-state index in [1.165, 1.54) is 0 Å². The topological polar surface area (TPSA) is 77.8 Å². The lowest BCUT2D eigenvalue weighted by Crippen LogP contribution is -2.25. The van der Waals surface area contributed by atoms with Crippen LogP contribution in [0.2, 0.25) is 0 Å². The molecule has 0 aromatic heterocycles. The molecule has 0 radical (unpaired) electrons. The normalized spacial score (nSPS) is 15.9. The van der Waals surface area contributed by atoms with Gasteiger partial charge >= 0.3 is 5.97 Å². The van der Waals surface area contributed by atoms with Gasteiger partial charge in [-0.25, -0.2) is 4.79 Å². The minimum absolute atomic E-state index is 0.0802. The number of carboxylic acids is 1. The zero-order valence-electron chi connectivity index (χ0n) is 6.53. The molecule has 4 nitrogen and oxygen atoms in total. The summed E-state index contributed by atoms with van der Waals surface area (Å²) in [6, 6.07) is 0. The minimum Gasteiger partial charge on any atom is -0.479 e. The lowest BCUT2D eigenvalue weighted by atomic mass is 10.1. The summed E-state index contributed by atoms with van der Waals surface area (Å²) in [4.78, 5) is 10.1. The molecule has 2 atom stereocenters. The van der Waals surface area contributed by atoms with Crippen LogP contribution in [0.1, 0.15) is 26.2 Å². The molecular formula is C7H14O4. The van der Waals surface area contributed by atoms with Gasteiger partial charge in [0.1, 0.15) is 0 Å². The maximum Gasteiger partial charge on any atom is 0.332 e. The zero-order valence-corrected chi connectivity index (χ0v) is 6.53. The largest absolute Gasteiger partial charge is 0.479 e. The van der Waals surface area contributed by atoms with E-state index < -0.39 is 18.2 Å². The van der Waals surface area contributed by atoms with Crippen molar-refractivity contribution in [1.29, 1.82) is 0 Å². The van der Waals surface area contributed by atoms with Gasteiger partial charge in [-0.05, 0) is 6.42 Å². The van der Waals surface area contributed by atoms with Crippen LogP contribution in [0.4, 0.5) is 0 Å². The van der Waals surface area contributed by atoms with Crippen molar-refractivity contribution in [2.24, 2.45) is 0 Å². The number of rotatable bonds is 5. The van der Waals surface area contributed by atoms with Crippen molar-refractivity contribution in [3.63, 3.8) is 0 Å². The predicted octanol–water partition coefficient (Wildman–Crippen LogP) is -0.0170. The van der Waals surface area contributed by atoms with Crippen LogP contribution in [-0.4, -0.2) is 33.5 Å². The zero-order chi connectivity index (χ0) is 8.85. The minimum atomic E-state index is -1.43. The first-order valence-electron chi connectivity index (χ1n) is 3.66. The fourth-order valence-corrected chi connectivity index (χ4v) is 0.810. The Kier molecular flexibility index (Phi) is 4.81. The molecule has 0 aromatic rings. The lowest BCUT2D eigenvalue weighted by molar-refractivity contribution is -0.148. The van der Waals surface area contributed by atoms with Crippen LogP contribution in [0.15, 0.2) is 0 Å². The molecule has 0 heterocycles. The first-order chi connectivity index (χ1) is 5.07. The summed E-state index contributed by atoms with van der Waals surface area (Å²) in [5, 5.41) is 26.0. The van der Waals surface area contributed by atoms with Crippen molar-refractivity contribution in [2.75, 3.05) is 0 Å². The van der Waals surface area contributed by atoms with E-state index in [2.05, 4.69) is 0 Å². The highest BCUT2D eigenvalue weighted by molar-refractivity contribution is 5.71. The summed E-state index contributed by atoms with van der Waals surface area (Å²) < 4.78 is 0. The monoisotopic (exact) mass is 162 g/mol. The van der Waals surface area contributed by atoms with Crippen LogP contribution in [0.5, 0.6) is 0 Å². The third-order valence-electron chi connectivity index (χ3n) is 1.40. The van der Waals surface area contributed by atoms with E-state index in [1.807, 2.05) is 6.92 Å². The van der Waals surface area contributed by atoms with E-state index in [-0.39, 0.29) is 6.42 Å². The van der Waals surface area contributed by atoms with Crippen LogP contribution >= 0.6 is 0 Å². The van der Waals surface area contributed by atoms with Crippen LogP contribution < -0.4 is 0 Å². The van der Waals surface area contributed by atoms with Gasteiger partial charge in [-0.15, -0.1) is 0 Å². The molecule has 0 aliphatic heterocycles. The number of hydrogen-bond acceptors (Lipinski definition) is 3. The Labute approximate surface area is 65.5 Å². The Morgan fingerprint density at radius 2 is 2.00 bits per heavy atom. The van der Waals surface area contributed by atoms with Crippen molar-refractivity contribution in [2.45, 2.75) is 38.4 Å². The lowest BCUT2D eigenvalue weighted by Gasteiger charge is -2.10. The standard InChI is InChI=1S/C7H14O4/c1-2-3-5(8)4-6(9)7(10)11/h5-6,8-9H,2-4H2,1H3,(H,10,11). The number of aliphatic carboxylic acids is 1. The second kappa shape index (κ2) is 5.09. The Balaban J connectivity index is 3.56. The van der Waals surface area contributed by atoms with Gasteiger partial charge in [-0.3, -0.25) is 0 Å². The van der Waals surface area contributed by atoms with Crippen LogP contribution in [-0.2, 0) is 4.79 Å². The molecule has 0 fully saturated rings. The van der Waals surface area contributed by atoms with Gasteiger partial charge in [0.2, 0.25) is 0 Å². The molecule has 0 aliphatic rings. The summed E-state index contributed by atoms with van der Waals surface area (Å²) in [6.45, 7) is 1.89. The molecule has 11 heavy (non-hydrogen) atoms. The Morgan fingerprint density at radius 3 is 2.36 bits per heavy atom. The Bertz CT molecular complexity index is 124. The SMILES string of the molecule is CCCC(O)CC(O)C(=O)O. The molecule has 0 aliphatic carbocycles. The molecular weight excluding hydrogens is 148 g/mol. The molecule has 0 amide bonds. The van der Waals surface area contributed by atoms with Gasteiger partial charge in [0, 0.05) is 6.42 Å². The molecule has 0 aromatic carbocycles. The predicted molar refractivity (Wildman–Crippen MR) is 39.2 cm³/mol. The van der Waals surface area contributed by atoms with Gasteiger partial charge < -0.3 is 15.3 Å². The Morgan fingerprint density at radius 1 is 1.45 bits per heavy atom. The average Bonchev–Trinajstić information content (AvgIpc) is 1.87.